The lowest BCUT2D eigenvalue weighted by Gasteiger charge is -2.41. The summed E-state index contributed by atoms with van der Waals surface area (Å²) in [6, 6.07) is 28.8. The van der Waals surface area contributed by atoms with Crippen LogP contribution in [-0.2, 0) is 19.6 Å². The quantitative estimate of drug-likeness (QED) is 0.184. The molecule has 1 radical (unpaired) electrons. The summed E-state index contributed by atoms with van der Waals surface area (Å²) >= 11 is 0. The maximum atomic E-state index is 13.2. The third-order valence-electron chi connectivity index (χ3n) is 7.92. The first-order valence-electron chi connectivity index (χ1n) is 15.5. The molecular formula is C35H38N5O6Si. The Balaban J connectivity index is 1.57. The van der Waals surface area contributed by atoms with E-state index in [1.54, 1.807) is 35.2 Å². The van der Waals surface area contributed by atoms with Crippen molar-refractivity contribution >= 4 is 42.1 Å². The first-order valence-corrected chi connectivity index (χ1v) is 17.0. The van der Waals surface area contributed by atoms with Gasteiger partial charge in [0.1, 0.15) is 24.6 Å². The lowest BCUT2D eigenvalue weighted by molar-refractivity contribution is -0.125. The molecule has 12 heteroatoms. The number of ether oxygens (including phenoxy) is 3. The normalized spacial score (nSPS) is 21.4. The van der Waals surface area contributed by atoms with Crippen LogP contribution in [-0.4, -0.2) is 88.2 Å². The van der Waals surface area contributed by atoms with Crippen molar-refractivity contribution in [1.82, 2.24) is 19.5 Å². The largest absolute Gasteiger partial charge is 0.394 e. The minimum Gasteiger partial charge on any atom is -0.394 e. The van der Waals surface area contributed by atoms with Crippen LogP contribution >= 0.6 is 0 Å². The number of aromatic nitrogens is 4. The van der Waals surface area contributed by atoms with E-state index in [2.05, 4.69) is 15.3 Å². The molecule has 1 aliphatic heterocycles. The van der Waals surface area contributed by atoms with Crippen molar-refractivity contribution in [2.75, 3.05) is 25.1 Å². The zero-order valence-electron chi connectivity index (χ0n) is 26.5. The fraction of sp³-hybridized carbons (Fsp3) is 0.314. The standard InChI is InChI=1S/C35H38N5O6Si/c1-34(2,3)45-21-27-29(42)30(44-20-19-41)35(46-27,47(25-15-9-5-10-16-25)26-17-11-6-12-18-26)40-23-38-28-31(36-22-37-32(28)40)39-33(43)24-13-7-4-8-14-24/h4-18,22-23,27,29-30,41-42H,19-21H2,1-3H3,(H,36,37,39,43)/t27-,29-,30-,35+/m1/s1. The molecule has 2 aromatic heterocycles. The highest BCUT2D eigenvalue weighted by Crippen LogP contribution is 2.42. The number of carbonyl (C=O) groups excluding carboxylic acids is 1. The molecular weight excluding hydrogens is 615 g/mol. The van der Waals surface area contributed by atoms with E-state index in [9.17, 15) is 15.0 Å². The number of aliphatic hydroxyl groups excluding tert-OH is 2. The molecule has 1 aliphatic rings. The molecule has 243 valence electrons. The average molecular weight is 653 g/mol. The van der Waals surface area contributed by atoms with E-state index in [1.807, 2.05) is 87.5 Å². The summed E-state index contributed by atoms with van der Waals surface area (Å²) in [6.07, 6.45) is 0.0341. The van der Waals surface area contributed by atoms with Gasteiger partial charge in [0.2, 0.25) is 0 Å². The summed E-state index contributed by atoms with van der Waals surface area (Å²) in [5.41, 5.74) is 0.686. The van der Waals surface area contributed by atoms with Crippen LogP contribution in [0.1, 0.15) is 31.1 Å². The molecule has 1 fully saturated rings. The molecule has 0 bridgehead atoms. The zero-order valence-corrected chi connectivity index (χ0v) is 27.5. The van der Waals surface area contributed by atoms with Gasteiger partial charge in [-0.15, -0.1) is 0 Å². The minimum absolute atomic E-state index is 0.0432. The predicted molar refractivity (Wildman–Crippen MR) is 179 cm³/mol. The number of anilines is 1. The summed E-state index contributed by atoms with van der Waals surface area (Å²) in [5, 5.41) is 25.4. The maximum absolute atomic E-state index is 13.2. The van der Waals surface area contributed by atoms with Crippen LogP contribution in [0.5, 0.6) is 0 Å². The molecule has 0 unspecified atom stereocenters. The van der Waals surface area contributed by atoms with Crippen LogP contribution < -0.4 is 15.7 Å². The smallest absolute Gasteiger partial charge is 0.256 e. The van der Waals surface area contributed by atoms with Gasteiger partial charge in [0.25, 0.3) is 5.91 Å². The Morgan fingerprint density at radius 3 is 2.17 bits per heavy atom. The number of imidazole rings is 1. The van der Waals surface area contributed by atoms with Crippen LogP contribution in [0.2, 0.25) is 0 Å². The number of hydrogen-bond acceptors (Lipinski definition) is 9. The van der Waals surface area contributed by atoms with Crippen molar-refractivity contribution < 1.29 is 29.2 Å². The second kappa shape index (κ2) is 13.8. The van der Waals surface area contributed by atoms with E-state index in [1.165, 1.54) is 6.33 Å². The first kappa shape index (κ1) is 32.6. The third kappa shape index (κ3) is 6.61. The minimum atomic E-state index is -2.09. The van der Waals surface area contributed by atoms with Crippen molar-refractivity contribution in [2.24, 2.45) is 0 Å². The Labute approximate surface area is 274 Å². The Morgan fingerprint density at radius 1 is 0.957 bits per heavy atom. The summed E-state index contributed by atoms with van der Waals surface area (Å²) in [4.78, 5) is 26.9. The summed E-state index contributed by atoms with van der Waals surface area (Å²) < 4.78 is 21.5. The Hall–Kier alpha value is -4.30. The second-order valence-electron chi connectivity index (χ2n) is 12.2. The number of hydrogen-bond donors (Lipinski definition) is 3. The van der Waals surface area contributed by atoms with Gasteiger partial charge in [-0.1, -0.05) is 89.2 Å². The Bertz CT molecular complexity index is 1750. The molecule has 0 aliphatic carbocycles. The lowest BCUT2D eigenvalue weighted by atomic mass is 10.1. The van der Waals surface area contributed by atoms with E-state index in [-0.39, 0.29) is 31.5 Å². The number of aliphatic hydroxyl groups is 2. The van der Waals surface area contributed by atoms with E-state index in [0.717, 1.165) is 10.4 Å². The SMILES string of the molecule is CC(C)(C)OC[C@H]1O[C@](n2cnc3c(NC(=O)c4ccccc4)ncnc32)([Si](c2ccccc2)c2ccccc2)[C@H](OCCO)[C@@H]1O. The number of benzene rings is 3. The van der Waals surface area contributed by atoms with Crippen LogP contribution in [0, 0.1) is 0 Å². The van der Waals surface area contributed by atoms with Gasteiger partial charge in [-0.05, 0) is 32.9 Å². The molecule has 1 amide bonds. The van der Waals surface area contributed by atoms with E-state index in [0.29, 0.717) is 16.7 Å². The lowest BCUT2D eigenvalue weighted by Crippen LogP contribution is -2.67. The molecule has 5 aromatic rings. The fourth-order valence-electron chi connectivity index (χ4n) is 5.89. The van der Waals surface area contributed by atoms with Gasteiger partial charge in [-0.25, -0.2) is 15.0 Å². The van der Waals surface area contributed by atoms with Crippen molar-refractivity contribution in [3.05, 3.63) is 109 Å². The summed E-state index contributed by atoms with van der Waals surface area (Å²) in [6.45, 7) is 5.61. The van der Waals surface area contributed by atoms with Gasteiger partial charge in [-0.3, -0.25) is 9.36 Å². The predicted octanol–water partition coefficient (Wildman–Crippen LogP) is 2.53. The van der Waals surface area contributed by atoms with E-state index >= 15 is 0 Å². The first-order chi connectivity index (χ1) is 22.7. The number of amides is 1. The van der Waals surface area contributed by atoms with Crippen LogP contribution in [0.3, 0.4) is 0 Å². The van der Waals surface area contributed by atoms with Gasteiger partial charge in [-0.2, -0.15) is 0 Å². The topological polar surface area (TPSA) is 141 Å². The highest BCUT2D eigenvalue weighted by molar-refractivity contribution is 6.86. The average Bonchev–Trinajstić information content (AvgIpc) is 3.64. The van der Waals surface area contributed by atoms with Crippen molar-refractivity contribution in [1.29, 1.82) is 0 Å². The molecule has 1 saturated heterocycles. The zero-order chi connectivity index (χ0) is 33.0. The number of nitrogens with one attached hydrogen (secondary N) is 1. The molecule has 4 atom stereocenters. The van der Waals surface area contributed by atoms with Crippen LogP contribution in [0.4, 0.5) is 5.82 Å². The van der Waals surface area contributed by atoms with E-state index < -0.39 is 38.1 Å². The summed E-state index contributed by atoms with van der Waals surface area (Å²) in [7, 11) is -2.09. The molecule has 0 saturated carbocycles. The Morgan fingerprint density at radius 2 is 1.57 bits per heavy atom. The molecule has 3 heterocycles. The fourth-order valence-corrected chi connectivity index (χ4v) is 9.32. The highest BCUT2D eigenvalue weighted by Gasteiger charge is 2.63. The molecule has 47 heavy (non-hydrogen) atoms. The number of carbonyl (C=O) groups is 1. The highest BCUT2D eigenvalue weighted by atomic mass is 28.3. The van der Waals surface area contributed by atoms with Gasteiger partial charge in [0.05, 0.1) is 31.7 Å². The molecule has 3 aromatic carbocycles. The number of rotatable bonds is 11. The third-order valence-corrected chi connectivity index (χ3v) is 11.1. The maximum Gasteiger partial charge on any atom is 0.256 e. The van der Waals surface area contributed by atoms with Crippen molar-refractivity contribution in [3.63, 3.8) is 0 Å². The van der Waals surface area contributed by atoms with Crippen molar-refractivity contribution in [2.45, 2.75) is 50.0 Å². The molecule has 0 spiro atoms. The van der Waals surface area contributed by atoms with Gasteiger partial charge >= 0.3 is 0 Å². The molecule has 11 nitrogen and oxygen atoms in total. The van der Waals surface area contributed by atoms with Gasteiger partial charge < -0.3 is 29.7 Å². The molecule has 3 N–H and O–H groups in total. The van der Waals surface area contributed by atoms with Gasteiger partial charge in [0.15, 0.2) is 31.1 Å². The van der Waals surface area contributed by atoms with Crippen LogP contribution in [0.25, 0.3) is 11.2 Å². The second-order valence-corrected chi connectivity index (χ2v) is 14.8. The summed E-state index contributed by atoms with van der Waals surface area (Å²) in [5.74, 6) is -0.116. The van der Waals surface area contributed by atoms with E-state index in [4.69, 9.17) is 19.2 Å². The Kier molecular flexibility index (Phi) is 9.59. The number of fused-ring (bicyclic) bond motifs is 1. The number of nitrogens with zero attached hydrogens (tertiary/aromatic N) is 4. The van der Waals surface area contributed by atoms with Gasteiger partial charge in [0, 0.05) is 5.56 Å². The molecule has 6 rings (SSSR count). The van der Waals surface area contributed by atoms with Crippen LogP contribution in [0.15, 0.2) is 104 Å². The monoisotopic (exact) mass is 652 g/mol. The van der Waals surface area contributed by atoms with Crippen molar-refractivity contribution in [3.8, 4) is 0 Å².